The van der Waals surface area contributed by atoms with Crippen molar-refractivity contribution < 1.29 is 0 Å². The fraction of sp³-hybridized carbons (Fsp3) is 0. The van der Waals surface area contributed by atoms with Crippen molar-refractivity contribution in [2.24, 2.45) is 5.73 Å². The van der Waals surface area contributed by atoms with Gasteiger partial charge in [0.25, 0.3) is 0 Å². The third-order valence-electron chi connectivity index (χ3n) is 3.12. The Morgan fingerprint density at radius 2 is 1.60 bits per heavy atom. The minimum atomic E-state index is 0.308. The summed E-state index contributed by atoms with van der Waals surface area (Å²) in [6.07, 6.45) is 0. The van der Waals surface area contributed by atoms with Crippen molar-refractivity contribution in [3.63, 3.8) is 0 Å². The van der Waals surface area contributed by atoms with Gasteiger partial charge in [-0.15, -0.1) is 0 Å². The Kier molecular flexibility index (Phi) is 3.35. The zero-order chi connectivity index (χ0) is 13.9. The van der Waals surface area contributed by atoms with E-state index in [1.54, 1.807) is 0 Å². The zero-order valence-corrected chi connectivity index (χ0v) is 11.6. The van der Waals surface area contributed by atoms with Crippen LogP contribution in [-0.4, -0.2) is 5.11 Å². The van der Waals surface area contributed by atoms with Crippen LogP contribution in [0.3, 0.4) is 0 Å². The molecule has 1 radical (unpaired) electrons. The Bertz CT molecular complexity index is 753. The summed E-state index contributed by atoms with van der Waals surface area (Å²) < 4.78 is 0. The summed E-state index contributed by atoms with van der Waals surface area (Å²) in [5, 5.41) is 2.50. The van der Waals surface area contributed by atoms with Gasteiger partial charge in [-0.25, -0.2) is 0 Å². The lowest BCUT2D eigenvalue weighted by Gasteiger charge is -2.23. The van der Waals surface area contributed by atoms with Gasteiger partial charge < -0.3 is 5.73 Å². The van der Waals surface area contributed by atoms with Crippen LogP contribution in [-0.2, 0) is 0 Å². The first-order valence-electron chi connectivity index (χ1n) is 6.31. The average molecular weight is 277 g/mol. The van der Waals surface area contributed by atoms with Gasteiger partial charge in [0.1, 0.15) is 0 Å². The van der Waals surface area contributed by atoms with E-state index < -0.39 is 0 Å². The van der Waals surface area contributed by atoms with Crippen molar-refractivity contribution in [1.82, 2.24) is 0 Å². The fourth-order valence-corrected chi connectivity index (χ4v) is 2.40. The molecule has 3 aromatic rings. The zero-order valence-electron chi connectivity index (χ0n) is 10.8. The van der Waals surface area contributed by atoms with Gasteiger partial charge >= 0.3 is 0 Å². The maximum absolute atomic E-state index is 5.88. The molecule has 2 nitrogen and oxygen atoms in total. The molecular weight excluding hydrogens is 264 g/mol. The van der Waals surface area contributed by atoms with Crippen molar-refractivity contribution in [2.75, 3.05) is 4.90 Å². The molecule has 97 valence electrons. The molecule has 3 rings (SSSR count). The maximum atomic E-state index is 5.88. The van der Waals surface area contributed by atoms with Crippen molar-refractivity contribution in [2.45, 2.75) is 0 Å². The van der Waals surface area contributed by atoms with Gasteiger partial charge in [0, 0.05) is 11.8 Å². The number of benzene rings is 3. The molecule has 0 saturated heterocycles. The van der Waals surface area contributed by atoms with Gasteiger partial charge in [-0.1, -0.05) is 48.5 Å². The number of anilines is 2. The lowest BCUT2D eigenvalue weighted by atomic mass is 10.1. The number of rotatable bonds is 2. The Balaban J connectivity index is 2.13. The van der Waals surface area contributed by atoms with Crippen LogP contribution in [0.1, 0.15) is 0 Å². The van der Waals surface area contributed by atoms with E-state index in [2.05, 4.69) is 18.2 Å². The number of thiocarbonyl (C=S) groups is 1. The first-order chi connectivity index (χ1) is 9.75. The lowest BCUT2D eigenvalue weighted by molar-refractivity contribution is 1.34. The second kappa shape index (κ2) is 5.31. The molecule has 0 amide bonds. The van der Waals surface area contributed by atoms with E-state index in [9.17, 15) is 0 Å². The molecule has 0 aliphatic rings. The fourth-order valence-electron chi connectivity index (χ4n) is 2.20. The van der Waals surface area contributed by atoms with Crippen LogP contribution >= 0.6 is 12.2 Å². The number of para-hydroxylation sites is 1. The van der Waals surface area contributed by atoms with Crippen molar-refractivity contribution in [3.8, 4) is 0 Å². The molecule has 0 heterocycles. The van der Waals surface area contributed by atoms with Gasteiger partial charge in [-0.2, -0.15) is 0 Å². The highest BCUT2D eigenvalue weighted by Gasteiger charge is 2.12. The van der Waals surface area contributed by atoms with Crippen LogP contribution in [0.25, 0.3) is 10.8 Å². The Morgan fingerprint density at radius 1 is 0.900 bits per heavy atom. The van der Waals surface area contributed by atoms with Gasteiger partial charge in [0.2, 0.25) is 0 Å². The lowest BCUT2D eigenvalue weighted by Crippen LogP contribution is -2.31. The molecule has 0 spiro atoms. The summed E-state index contributed by atoms with van der Waals surface area (Å²) in [5.41, 5.74) is 7.67. The molecule has 0 aliphatic heterocycles. The van der Waals surface area contributed by atoms with Gasteiger partial charge in [-0.3, -0.25) is 4.90 Å². The van der Waals surface area contributed by atoms with Crippen LogP contribution in [0.15, 0.2) is 66.7 Å². The van der Waals surface area contributed by atoms with Crippen molar-refractivity contribution in [1.29, 1.82) is 0 Å². The molecule has 2 N–H and O–H groups in total. The maximum Gasteiger partial charge on any atom is 0.175 e. The predicted molar refractivity (Wildman–Crippen MR) is 88.2 cm³/mol. The minimum Gasteiger partial charge on any atom is -0.376 e. The topological polar surface area (TPSA) is 29.3 Å². The smallest absolute Gasteiger partial charge is 0.175 e. The van der Waals surface area contributed by atoms with Crippen LogP contribution in [0.5, 0.6) is 0 Å². The third kappa shape index (κ3) is 2.36. The highest BCUT2D eigenvalue weighted by Crippen LogP contribution is 2.27. The van der Waals surface area contributed by atoms with E-state index in [4.69, 9.17) is 18.0 Å². The SMILES string of the molecule is NC(=S)N(c1[c]c2ccccc2cc1)c1ccccc1. The van der Waals surface area contributed by atoms with E-state index in [0.29, 0.717) is 5.11 Å². The normalized spacial score (nSPS) is 10.4. The van der Waals surface area contributed by atoms with E-state index in [1.165, 1.54) is 0 Å². The number of nitrogens with two attached hydrogens (primary N) is 1. The quantitative estimate of drug-likeness (QED) is 0.717. The predicted octanol–water partition coefficient (Wildman–Crippen LogP) is 4.02. The van der Waals surface area contributed by atoms with E-state index in [-0.39, 0.29) is 0 Å². The van der Waals surface area contributed by atoms with Crippen LogP contribution in [0.2, 0.25) is 0 Å². The summed E-state index contributed by atoms with van der Waals surface area (Å²) in [7, 11) is 0. The highest BCUT2D eigenvalue weighted by atomic mass is 32.1. The Labute approximate surface area is 123 Å². The number of hydrogen-bond donors (Lipinski definition) is 1. The molecule has 0 unspecified atom stereocenters. The van der Waals surface area contributed by atoms with Gasteiger partial charge in [0.05, 0.1) is 5.69 Å². The summed E-state index contributed by atoms with van der Waals surface area (Å²) in [4.78, 5) is 1.82. The first kappa shape index (κ1) is 12.6. The average Bonchev–Trinajstić information content (AvgIpc) is 2.48. The molecule has 3 aromatic carbocycles. The summed E-state index contributed by atoms with van der Waals surface area (Å²) >= 11 is 5.19. The Hall–Kier alpha value is -2.39. The van der Waals surface area contributed by atoms with Crippen LogP contribution < -0.4 is 10.6 Å². The third-order valence-corrected chi connectivity index (χ3v) is 3.30. The summed E-state index contributed by atoms with van der Waals surface area (Å²) in [6.45, 7) is 0. The van der Waals surface area contributed by atoms with Crippen LogP contribution in [0.4, 0.5) is 11.4 Å². The molecule has 0 atom stereocenters. The van der Waals surface area contributed by atoms with E-state index in [1.807, 2.05) is 59.5 Å². The molecule has 0 fully saturated rings. The summed E-state index contributed by atoms with van der Waals surface area (Å²) in [5.74, 6) is 0. The second-order valence-corrected chi connectivity index (χ2v) is 4.86. The molecule has 0 aliphatic carbocycles. The molecule has 0 aromatic heterocycles. The second-order valence-electron chi connectivity index (χ2n) is 4.44. The van der Waals surface area contributed by atoms with Crippen LogP contribution in [0, 0.1) is 6.07 Å². The Morgan fingerprint density at radius 3 is 2.35 bits per heavy atom. The van der Waals surface area contributed by atoms with E-state index >= 15 is 0 Å². The highest BCUT2D eigenvalue weighted by molar-refractivity contribution is 7.80. The molecule has 0 bridgehead atoms. The minimum absolute atomic E-state index is 0.308. The van der Waals surface area contributed by atoms with Gasteiger partial charge in [-0.05, 0) is 41.2 Å². The van der Waals surface area contributed by atoms with Gasteiger partial charge in [0.15, 0.2) is 5.11 Å². The summed E-state index contributed by atoms with van der Waals surface area (Å²) in [6, 6.07) is 25.3. The van der Waals surface area contributed by atoms with Crippen molar-refractivity contribution in [3.05, 3.63) is 72.8 Å². The number of nitrogens with zero attached hydrogens (tertiary/aromatic N) is 1. The van der Waals surface area contributed by atoms with E-state index in [0.717, 1.165) is 22.1 Å². The van der Waals surface area contributed by atoms with Crippen molar-refractivity contribution >= 4 is 39.5 Å². The monoisotopic (exact) mass is 277 g/mol. The molecule has 0 saturated carbocycles. The molecule has 20 heavy (non-hydrogen) atoms. The number of hydrogen-bond acceptors (Lipinski definition) is 1. The molecule has 3 heteroatoms. The number of fused-ring (bicyclic) bond motifs is 1. The largest absolute Gasteiger partial charge is 0.376 e. The first-order valence-corrected chi connectivity index (χ1v) is 6.72. The standard InChI is InChI=1S/C17H13N2S/c18-17(20)19(15-8-2-1-3-9-15)16-11-10-13-6-4-5-7-14(13)12-16/h1-11H,(H2,18,20). The molecular formula is C17H13N2S.